The molecule has 3 nitrogen and oxygen atoms in total. The first-order valence-corrected chi connectivity index (χ1v) is 4.79. The summed E-state index contributed by atoms with van der Waals surface area (Å²) < 4.78 is 11.3. The highest BCUT2D eigenvalue weighted by Crippen LogP contribution is 2.38. The van der Waals surface area contributed by atoms with Gasteiger partial charge < -0.3 is 9.47 Å². The Hall–Kier alpha value is -0.670. The molecular formula is C11H18O3. The lowest BCUT2D eigenvalue weighted by atomic mass is 9.90. The second kappa shape index (κ2) is 3.48. The molecule has 0 aromatic heterocycles. The number of rotatable bonds is 2. The van der Waals surface area contributed by atoms with Crippen molar-refractivity contribution in [2.24, 2.45) is 0 Å². The average Bonchev–Trinajstić information content (AvgIpc) is 2.17. The maximum absolute atomic E-state index is 10.7. The lowest BCUT2D eigenvalue weighted by molar-refractivity contribution is -0.113. The van der Waals surface area contributed by atoms with E-state index in [4.69, 9.17) is 9.47 Å². The second-order valence-electron chi connectivity index (χ2n) is 4.59. The van der Waals surface area contributed by atoms with Crippen molar-refractivity contribution in [3.63, 3.8) is 0 Å². The highest BCUT2D eigenvalue weighted by Gasteiger charge is 2.48. The predicted molar refractivity (Wildman–Crippen MR) is 53.9 cm³/mol. The third kappa shape index (κ3) is 2.22. The van der Waals surface area contributed by atoms with E-state index in [1.165, 1.54) is 13.0 Å². The summed E-state index contributed by atoms with van der Waals surface area (Å²) in [4.78, 5) is 10.7. The normalized spacial score (nSPS) is 25.8. The molecular weight excluding hydrogens is 180 g/mol. The zero-order valence-corrected chi connectivity index (χ0v) is 9.46. The molecule has 0 radical (unpaired) electrons. The maximum Gasteiger partial charge on any atom is 0.178 e. The fraction of sp³-hybridized carbons (Fsp3) is 0.727. The molecule has 1 fully saturated rings. The van der Waals surface area contributed by atoms with Gasteiger partial charge in [-0.05, 0) is 46.8 Å². The van der Waals surface area contributed by atoms with E-state index >= 15 is 0 Å². The molecule has 0 aromatic carbocycles. The number of carbonyl (C=O) groups excluding carboxylic acids is 1. The summed E-state index contributed by atoms with van der Waals surface area (Å²) in [5, 5.41) is 0. The number of ether oxygens (including phenoxy) is 2. The Morgan fingerprint density at radius 2 is 1.57 bits per heavy atom. The topological polar surface area (TPSA) is 35.5 Å². The van der Waals surface area contributed by atoms with Crippen LogP contribution in [0.5, 0.6) is 0 Å². The lowest BCUT2D eigenvalue weighted by Crippen LogP contribution is -2.41. The Bertz CT molecular complexity index is 248. The molecule has 1 heterocycles. The monoisotopic (exact) mass is 198 g/mol. The first-order valence-electron chi connectivity index (χ1n) is 4.79. The van der Waals surface area contributed by atoms with Gasteiger partial charge in [0, 0.05) is 0 Å². The molecule has 1 rings (SSSR count). The van der Waals surface area contributed by atoms with Gasteiger partial charge in [0.05, 0.1) is 11.2 Å². The van der Waals surface area contributed by atoms with Crippen LogP contribution in [0.4, 0.5) is 0 Å². The van der Waals surface area contributed by atoms with Gasteiger partial charge in [-0.15, -0.1) is 0 Å². The minimum absolute atomic E-state index is 0.000266. The zero-order chi connectivity index (χ0) is 11.0. The fourth-order valence-electron chi connectivity index (χ4n) is 1.18. The van der Waals surface area contributed by atoms with Crippen LogP contribution in [0.3, 0.4) is 0 Å². The molecule has 0 unspecified atom stereocenters. The summed E-state index contributed by atoms with van der Waals surface area (Å²) >= 11 is 0. The van der Waals surface area contributed by atoms with Gasteiger partial charge in [-0.1, -0.05) is 0 Å². The lowest BCUT2D eigenvalue weighted by Gasteiger charge is -2.30. The molecule has 0 amide bonds. The SMILES string of the molecule is CC(=O)/C=C/C1OC(C)(C)C(C)(C)O1. The van der Waals surface area contributed by atoms with Gasteiger partial charge in [0.25, 0.3) is 0 Å². The van der Waals surface area contributed by atoms with Crippen molar-refractivity contribution in [3.05, 3.63) is 12.2 Å². The van der Waals surface area contributed by atoms with E-state index in [2.05, 4.69) is 0 Å². The summed E-state index contributed by atoms with van der Waals surface area (Å²) in [5.41, 5.74) is -0.669. The van der Waals surface area contributed by atoms with Crippen LogP contribution in [0.15, 0.2) is 12.2 Å². The van der Waals surface area contributed by atoms with E-state index in [0.717, 1.165) is 0 Å². The van der Waals surface area contributed by atoms with Gasteiger partial charge in [0.15, 0.2) is 12.1 Å². The van der Waals surface area contributed by atoms with E-state index in [1.807, 2.05) is 27.7 Å². The van der Waals surface area contributed by atoms with Crippen LogP contribution in [0.1, 0.15) is 34.6 Å². The second-order valence-corrected chi connectivity index (χ2v) is 4.59. The molecule has 3 heteroatoms. The first-order chi connectivity index (χ1) is 6.24. The van der Waals surface area contributed by atoms with Gasteiger partial charge >= 0.3 is 0 Å². The Morgan fingerprint density at radius 1 is 1.14 bits per heavy atom. The van der Waals surface area contributed by atoms with Crippen LogP contribution < -0.4 is 0 Å². The van der Waals surface area contributed by atoms with Crippen LogP contribution in [0, 0.1) is 0 Å². The maximum atomic E-state index is 10.7. The van der Waals surface area contributed by atoms with Crippen molar-refractivity contribution in [3.8, 4) is 0 Å². The van der Waals surface area contributed by atoms with Crippen molar-refractivity contribution in [1.29, 1.82) is 0 Å². The molecule has 0 saturated carbocycles. The minimum atomic E-state index is -0.413. The molecule has 1 saturated heterocycles. The van der Waals surface area contributed by atoms with Gasteiger partial charge in [-0.3, -0.25) is 4.79 Å². The summed E-state index contributed by atoms with van der Waals surface area (Å²) in [7, 11) is 0. The van der Waals surface area contributed by atoms with E-state index in [-0.39, 0.29) is 17.0 Å². The number of hydrogen-bond donors (Lipinski definition) is 0. The van der Waals surface area contributed by atoms with Gasteiger partial charge in [-0.2, -0.15) is 0 Å². The Morgan fingerprint density at radius 3 is 1.93 bits per heavy atom. The van der Waals surface area contributed by atoms with Gasteiger partial charge in [0.1, 0.15) is 0 Å². The van der Waals surface area contributed by atoms with E-state index in [9.17, 15) is 4.79 Å². The predicted octanol–water partition coefficient (Wildman–Crippen LogP) is 2.06. The van der Waals surface area contributed by atoms with Crippen LogP contribution >= 0.6 is 0 Å². The minimum Gasteiger partial charge on any atom is -0.340 e. The van der Waals surface area contributed by atoms with Crippen molar-refractivity contribution in [2.75, 3.05) is 0 Å². The number of carbonyl (C=O) groups is 1. The van der Waals surface area contributed by atoms with Crippen molar-refractivity contribution in [2.45, 2.75) is 52.1 Å². The number of hydrogen-bond acceptors (Lipinski definition) is 3. The fourth-order valence-corrected chi connectivity index (χ4v) is 1.18. The summed E-state index contributed by atoms with van der Waals surface area (Å²) in [6.07, 6.45) is 2.71. The zero-order valence-electron chi connectivity index (χ0n) is 9.46. The smallest absolute Gasteiger partial charge is 0.178 e. The van der Waals surface area contributed by atoms with Crippen molar-refractivity contribution >= 4 is 5.78 Å². The van der Waals surface area contributed by atoms with Gasteiger partial charge in [-0.25, -0.2) is 0 Å². The van der Waals surface area contributed by atoms with Crippen molar-refractivity contribution < 1.29 is 14.3 Å². The standard InChI is InChI=1S/C11H18O3/c1-8(12)6-7-9-13-10(2,3)11(4,5)14-9/h6-7,9H,1-5H3/b7-6+. The highest BCUT2D eigenvalue weighted by molar-refractivity contribution is 5.87. The summed E-state index contributed by atoms with van der Waals surface area (Å²) in [5.74, 6) is -0.000266. The van der Waals surface area contributed by atoms with Crippen molar-refractivity contribution in [1.82, 2.24) is 0 Å². The number of allylic oxidation sites excluding steroid dienone is 1. The molecule has 0 atom stereocenters. The van der Waals surface area contributed by atoms with E-state index in [1.54, 1.807) is 6.08 Å². The third-order valence-corrected chi connectivity index (χ3v) is 2.76. The summed E-state index contributed by atoms with van der Waals surface area (Å²) in [6.45, 7) is 9.42. The first kappa shape index (κ1) is 11.4. The highest BCUT2D eigenvalue weighted by atomic mass is 16.7. The molecule has 0 N–H and O–H groups in total. The molecule has 80 valence electrons. The van der Waals surface area contributed by atoms with E-state index in [0.29, 0.717) is 0 Å². The van der Waals surface area contributed by atoms with Gasteiger partial charge in [0.2, 0.25) is 0 Å². The molecule has 1 aliphatic heterocycles. The molecule has 0 bridgehead atoms. The average molecular weight is 198 g/mol. The van der Waals surface area contributed by atoms with Crippen LogP contribution in [0.2, 0.25) is 0 Å². The third-order valence-electron chi connectivity index (χ3n) is 2.76. The van der Waals surface area contributed by atoms with E-state index < -0.39 is 6.29 Å². The molecule has 1 aliphatic rings. The van der Waals surface area contributed by atoms with Crippen LogP contribution in [0.25, 0.3) is 0 Å². The van der Waals surface area contributed by atoms with Crippen LogP contribution in [-0.2, 0) is 14.3 Å². The summed E-state index contributed by atoms with van der Waals surface area (Å²) in [6, 6.07) is 0. The molecule has 14 heavy (non-hydrogen) atoms. The van der Waals surface area contributed by atoms with Crippen LogP contribution in [-0.4, -0.2) is 23.3 Å². The quantitative estimate of drug-likeness (QED) is 0.637. The molecule has 0 aromatic rings. The Kier molecular flexibility index (Phi) is 2.83. The Labute approximate surface area is 85.1 Å². The molecule has 0 spiro atoms. The Balaban J connectivity index is 2.69. The number of ketones is 1. The molecule has 0 aliphatic carbocycles. The largest absolute Gasteiger partial charge is 0.340 e.